The van der Waals surface area contributed by atoms with Gasteiger partial charge in [-0.2, -0.15) is 0 Å². The predicted molar refractivity (Wildman–Crippen MR) is 76.9 cm³/mol. The third-order valence-electron chi connectivity index (χ3n) is 3.37. The number of hydrogen-bond donors (Lipinski definition) is 2. The molecule has 0 aromatic heterocycles. The average Bonchev–Trinajstić information content (AvgIpc) is 2.42. The summed E-state index contributed by atoms with van der Waals surface area (Å²) in [5, 5.41) is 16.9. The van der Waals surface area contributed by atoms with Crippen molar-refractivity contribution in [1.82, 2.24) is 5.32 Å². The minimum absolute atomic E-state index is 0.0911. The fourth-order valence-corrected chi connectivity index (χ4v) is 2.44. The zero-order chi connectivity index (χ0) is 14.5. The van der Waals surface area contributed by atoms with Crippen molar-refractivity contribution in [1.29, 1.82) is 0 Å². The Morgan fingerprint density at radius 2 is 2.15 bits per heavy atom. The number of halogens is 1. The fraction of sp³-hybridized carbons (Fsp3) is 0.462. The lowest BCUT2D eigenvalue weighted by Gasteiger charge is -2.22. The molecular formula is C13H16ClN3O3. The lowest BCUT2D eigenvalue weighted by Crippen LogP contribution is -2.30. The number of non-ortho nitro benzene ring substituents is 1. The number of rotatable bonds is 4. The number of nitrogens with one attached hydrogen (secondary N) is 2. The minimum Gasteiger partial charge on any atom is -0.325 e. The first-order valence-electron chi connectivity index (χ1n) is 6.51. The highest BCUT2D eigenvalue weighted by atomic mass is 35.5. The lowest BCUT2D eigenvalue weighted by atomic mass is 9.94. The highest BCUT2D eigenvalue weighted by Gasteiger charge is 2.18. The van der Waals surface area contributed by atoms with E-state index >= 15 is 0 Å². The summed E-state index contributed by atoms with van der Waals surface area (Å²) in [6.45, 7) is 1.85. The van der Waals surface area contributed by atoms with Crippen molar-refractivity contribution in [3.05, 3.63) is 33.3 Å². The third-order valence-corrected chi connectivity index (χ3v) is 3.70. The van der Waals surface area contributed by atoms with Crippen LogP contribution in [0.3, 0.4) is 0 Å². The Bertz CT molecular complexity index is 516. The summed E-state index contributed by atoms with van der Waals surface area (Å²) in [6.07, 6.45) is 2.35. The van der Waals surface area contributed by atoms with E-state index in [1.165, 1.54) is 18.2 Å². The second-order valence-electron chi connectivity index (χ2n) is 4.87. The molecule has 1 aromatic carbocycles. The van der Waals surface area contributed by atoms with Gasteiger partial charge < -0.3 is 10.6 Å². The number of amides is 1. The Morgan fingerprint density at radius 3 is 2.80 bits per heavy atom. The summed E-state index contributed by atoms with van der Waals surface area (Å²) in [4.78, 5) is 22.1. The standard InChI is InChI=1S/C13H16ClN3O3/c14-11-2-1-10(17(19)20)8-12(11)16-13(18)7-9-3-5-15-6-4-9/h1-2,8-9,15H,3-7H2,(H,16,18). The van der Waals surface area contributed by atoms with Crippen molar-refractivity contribution in [3.63, 3.8) is 0 Å². The molecule has 1 aromatic rings. The molecule has 1 heterocycles. The van der Waals surface area contributed by atoms with Crippen molar-refractivity contribution < 1.29 is 9.72 Å². The molecule has 2 rings (SSSR count). The molecule has 7 heteroatoms. The molecule has 0 saturated carbocycles. The van der Waals surface area contributed by atoms with Gasteiger partial charge in [-0.05, 0) is 37.9 Å². The molecule has 1 amide bonds. The molecule has 2 N–H and O–H groups in total. The minimum atomic E-state index is -0.515. The van der Waals surface area contributed by atoms with E-state index in [1.54, 1.807) is 0 Å². The Morgan fingerprint density at radius 1 is 1.45 bits per heavy atom. The first-order valence-corrected chi connectivity index (χ1v) is 6.88. The summed E-state index contributed by atoms with van der Waals surface area (Å²) < 4.78 is 0. The maximum Gasteiger partial charge on any atom is 0.271 e. The van der Waals surface area contributed by atoms with Gasteiger partial charge >= 0.3 is 0 Å². The number of nitro groups is 1. The summed E-state index contributed by atoms with van der Waals surface area (Å²) >= 11 is 5.94. The van der Waals surface area contributed by atoms with Crippen molar-refractivity contribution in [2.45, 2.75) is 19.3 Å². The van der Waals surface area contributed by atoms with Crippen molar-refractivity contribution >= 4 is 28.9 Å². The predicted octanol–water partition coefficient (Wildman–Crippen LogP) is 2.58. The zero-order valence-electron chi connectivity index (χ0n) is 10.9. The van der Waals surface area contributed by atoms with E-state index in [1.807, 2.05) is 0 Å². The first-order chi connectivity index (χ1) is 9.56. The topological polar surface area (TPSA) is 84.3 Å². The lowest BCUT2D eigenvalue weighted by molar-refractivity contribution is -0.384. The molecule has 6 nitrogen and oxygen atoms in total. The van der Waals surface area contributed by atoms with Gasteiger partial charge in [0.25, 0.3) is 5.69 Å². The molecule has 1 aliphatic rings. The smallest absolute Gasteiger partial charge is 0.271 e. The normalized spacial score (nSPS) is 15.8. The van der Waals surface area contributed by atoms with Crippen LogP contribution in [-0.4, -0.2) is 23.9 Å². The molecular weight excluding hydrogens is 282 g/mol. The molecule has 0 spiro atoms. The van der Waals surface area contributed by atoms with Crippen LogP contribution in [0, 0.1) is 16.0 Å². The third kappa shape index (κ3) is 3.91. The van der Waals surface area contributed by atoms with Crippen LogP contribution in [0.15, 0.2) is 18.2 Å². The molecule has 20 heavy (non-hydrogen) atoms. The van der Waals surface area contributed by atoms with Crippen LogP contribution >= 0.6 is 11.6 Å². The van der Waals surface area contributed by atoms with Crippen LogP contribution in [0.25, 0.3) is 0 Å². The van der Waals surface area contributed by atoms with E-state index in [4.69, 9.17) is 11.6 Å². The number of nitro benzene ring substituents is 1. The van der Waals surface area contributed by atoms with E-state index < -0.39 is 4.92 Å². The van der Waals surface area contributed by atoms with Gasteiger partial charge in [0, 0.05) is 18.6 Å². The van der Waals surface area contributed by atoms with E-state index in [0.717, 1.165) is 25.9 Å². The average molecular weight is 298 g/mol. The molecule has 0 radical (unpaired) electrons. The van der Waals surface area contributed by atoms with Crippen LogP contribution in [0.1, 0.15) is 19.3 Å². The Labute approximate surface area is 121 Å². The molecule has 1 saturated heterocycles. The van der Waals surface area contributed by atoms with Crippen molar-refractivity contribution in [2.24, 2.45) is 5.92 Å². The highest BCUT2D eigenvalue weighted by molar-refractivity contribution is 6.33. The summed E-state index contributed by atoms with van der Waals surface area (Å²) in [5.41, 5.74) is 0.200. The fourth-order valence-electron chi connectivity index (χ4n) is 2.27. The molecule has 0 atom stereocenters. The van der Waals surface area contributed by atoms with Crippen LogP contribution in [0.4, 0.5) is 11.4 Å². The van der Waals surface area contributed by atoms with Gasteiger partial charge in [0.05, 0.1) is 15.6 Å². The van der Waals surface area contributed by atoms with E-state index in [9.17, 15) is 14.9 Å². The number of hydrogen-bond acceptors (Lipinski definition) is 4. The number of anilines is 1. The number of nitrogens with zero attached hydrogens (tertiary/aromatic N) is 1. The first kappa shape index (κ1) is 14.7. The van der Waals surface area contributed by atoms with Crippen LogP contribution in [-0.2, 0) is 4.79 Å². The number of carbonyl (C=O) groups is 1. The summed E-state index contributed by atoms with van der Waals surface area (Å²) in [7, 11) is 0. The highest BCUT2D eigenvalue weighted by Crippen LogP contribution is 2.27. The van der Waals surface area contributed by atoms with Gasteiger partial charge in [-0.1, -0.05) is 11.6 Å². The quantitative estimate of drug-likeness (QED) is 0.661. The molecule has 0 aliphatic carbocycles. The molecule has 0 bridgehead atoms. The summed E-state index contributed by atoms with van der Waals surface area (Å²) in [5.74, 6) is 0.202. The maximum atomic E-state index is 12.0. The molecule has 0 unspecified atom stereocenters. The summed E-state index contributed by atoms with van der Waals surface area (Å²) in [6, 6.07) is 4.01. The second kappa shape index (κ2) is 6.67. The number of benzene rings is 1. The van der Waals surface area contributed by atoms with Crippen molar-refractivity contribution in [2.75, 3.05) is 18.4 Å². The SMILES string of the molecule is O=C(CC1CCNCC1)Nc1cc([N+](=O)[O-])ccc1Cl. The van der Waals surface area contributed by atoms with Gasteiger partial charge in [0.1, 0.15) is 0 Å². The van der Waals surface area contributed by atoms with Gasteiger partial charge in [-0.15, -0.1) is 0 Å². The van der Waals surface area contributed by atoms with Gasteiger partial charge in [-0.3, -0.25) is 14.9 Å². The molecule has 108 valence electrons. The number of carbonyl (C=O) groups excluding carboxylic acids is 1. The van der Waals surface area contributed by atoms with E-state index in [2.05, 4.69) is 10.6 Å². The van der Waals surface area contributed by atoms with Crippen LogP contribution in [0.2, 0.25) is 5.02 Å². The Hall–Kier alpha value is -1.66. The Balaban J connectivity index is 1.99. The van der Waals surface area contributed by atoms with Crippen LogP contribution < -0.4 is 10.6 Å². The van der Waals surface area contributed by atoms with Crippen molar-refractivity contribution in [3.8, 4) is 0 Å². The second-order valence-corrected chi connectivity index (χ2v) is 5.27. The van der Waals surface area contributed by atoms with E-state index in [-0.39, 0.29) is 11.6 Å². The Kier molecular flexibility index (Phi) is 4.92. The van der Waals surface area contributed by atoms with Gasteiger partial charge in [0.15, 0.2) is 0 Å². The van der Waals surface area contributed by atoms with Gasteiger partial charge in [0.2, 0.25) is 5.91 Å². The molecule has 1 aliphatic heterocycles. The largest absolute Gasteiger partial charge is 0.325 e. The monoisotopic (exact) mass is 297 g/mol. The van der Waals surface area contributed by atoms with Crippen LogP contribution in [0.5, 0.6) is 0 Å². The maximum absolute atomic E-state index is 12.0. The number of piperidine rings is 1. The van der Waals surface area contributed by atoms with Gasteiger partial charge in [-0.25, -0.2) is 0 Å². The zero-order valence-corrected chi connectivity index (χ0v) is 11.7. The van der Waals surface area contributed by atoms with E-state index in [0.29, 0.717) is 23.0 Å². The molecule has 1 fully saturated rings.